The predicted molar refractivity (Wildman–Crippen MR) is 89.5 cm³/mol. The van der Waals surface area contributed by atoms with Gasteiger partial charge in [0.25, 0.3) is 5.69 Å². The molecule has 2 bridgehead atoms. The molecular formula is C16H15BrN2O6. The van der Waals surface area contributed by atoms with E-state index in [0.717, 1.165) is 6.42 Å². The number of esters is 1. The van der Waals surface area contributed by atoms with Crippen LogP contribution in [0, 0.1) is 33.8 Å². The first-order valence-electron chi connectivity index (χ1n) is 7.90. The molecular weight excluding hydrogens is 396 g/mol. The molecule has 1 saturated heterocycles. The van der Waals surface area contributed by atoms with Gasteiger partial charge in [-0.05, 0) is 18.4 Å². The number of carbonyl (C=O) groups is 2. The molecule has 1 aromatic carbocycles. The summed E-state index contributed by atoms with van der Waals surface area (Å²) in [4.78, 5) is 35.6. The third-order valence-electron chi connectivity index (χ3n) is 5.48. The summed E-state index contributed by atoms with van der Waals surface area (Å²) in [5, 5.41) is 13.8. The van der Waals surface area contributed by atoms with E-state index >= 15 is 0 Å². The van der Waals surface area contributed by atoms with Crippen molar-refractivity contribution in [2.45, 2.75) is 17.4 Å². The zero-order chi connectivity index (χ0) is 17.9. The number of amides is 1. The van der Waals surface area contributed by atoms with Crippen LogP contribution in [0.2, 0.25) is 0 Å². The Labute approximate surface area is 151 Å². The summed E-state index contributed by atoms with van der Waals surface area (Å²) >= 11 is 3.55. The summed E-state index contributed by atoms with van der Waals surface area (Å²) in [5.41, 5.74) is -0.161. The van der Waals surface area contributed by atoms with Crippen molar-refractivity contribution in [1.29, 1.82) is 0 Å². The van der Waals surface area contributed by atoms with Gasteiger partial charge < -0.3 is 14.8 Å². The number of nitro groups is 1. The highest BCUT2D eigenvalue weighted by Crippen LogP contribution is 2.60. The topological polar surface area (TPSA) is 108 Å². The fourth-order valence-electron chi connectivity index (χ4n) is 4.45. The number of nitro benzene ring substituents is 1. The van der Waals surface area contributed by atoms with E-state index in [9.17, 15) is 19.7 Å². The summed E-state index contributed by atoms with van der Waals surface area (Å²) in [7, 11) is 1.44. The second-order valence-corrected chi connectivity index (χ2v) is 7.65. The lowest BCUT2D eigenvalue weighted by Gasteiger charge is -2.27. The van der Waals surface area contributed by atoms with Crippen molar-refractivity contribution in [2.75, 3.05) is 12.4 Å². The Kier molecular flexibility index (Phi) is 3.71. The Bertz CT molecular complexity index is 784. The smallest absolute Gasteiger partial charge is 0.310 e. The zero-order valence-corrected chi connectivity index (χ0v) is 14.8. The van der Waals surface area contributed by atoms with E-state index in [1.165, 1.54) is 25.3 Å². The van der Waals surface area contributed by atoms with Gasteiger partial charge >= 0.3 is 5.97 Å². The zero-order valence-electron chi connectivity index (χ0n) is 13.2. The van der Waals surface area contributed by atoms with Gasteiger partial charge in [0.2, 0.25) is 5.91 Å². The first-order chi connectivity index (χ1) is 11.9. The highest BCUT2D eigenvalue weighted by molar-refractivity contribution is 9.09. The second-order valence-electron chi connectivity index (χ2n) is 6.59. The van der Waals surface area contributed by atoms with Crippen LogP contribution in [-0.2, 0) is 14.3 Å². The van der Waals surface area contributed by atoms with Gasteiger partial charge in [-0.2, -0.15) is 0 Å². The molecule has 2 saturated carbocycles. The van der Waals surface area contributed by atoms with E-state index in [-0.39, 0.29) is 40.1 Å². The van der Waals surface area contributed by atoms with E-state index in [1.807, 2.05) is 0 Å². The molecule has 2 aliphatic carbocycles. The van der Waals surface area contributed by atoms with Crippen LogP contribution in [0.15, 0.2) is 18.2 Å². The van der Waals surface area contributed by atoms with Crippen LogP contribution in [0.25, 0.3) is 0 Å². The third-order valence-corrected chi connectivity index (χ3v) is 6.68. The van der Waals surface area contributed by atoms with Crippen LogP contribution in [0.3, 0.4) is 0 Å². The molecule has 0 aromatic heterocycles. The Hall–Kier alpha value is -2.16. The molecule has 1 amide bonds. The average Bonchev–Trinajstić information content (AvgIpc) is 3.18. The van der Waals surface area contributed by atoms with Crippen molar-refractivity contribution >= 4 is 39.2 Å². The molecule has 132 valence electrons. The lowest BCUT2D eigenvalue weighted by Crippen LogP contribution is -2.40. The normalized spacial score (nSPS) is 34.7. The molecule has 0 unspecified atom stereocenters. The lowest BCUT2D eigenvalue weighted by atomic mass is 9.79. The number of ether oxygens (including phenoxy) is 2. The number of halogens is 1. The number of hydrogen-bond acceptors (Lipinski definition) is 6. The van der Waals surface area contributed by atoms with Crippen molar-refractivity contribution in [1.82, 2.24) is 0 Å². The van der Waals surface area contributed by atoms with E-state index in [0.29, 0.717) is 5.75 Å². The third kappa shape index (κ3) is 2.32. The lowest BCUT2D eigenvalue weighted by molar-refractivity contribution is -0.384. The Morgan fingerprint density at radius 1 is 1.44 bits per heavy atom. The number of alkyl halides is 1. The number of carbonyl (C=O) groups excluding carboxylic acids is 2. The molecule has 3 aliphatic rings. The molecule has 4 rings (SSSR count). The van der Waals surface area contributed by atoms with Crippen LogP contribution >= 0.6 is 15.9 Å². The van der Waals surface area contributed by atoms with Crippen molar-refractivity contribution in [3.05, 3.63) is 28.3 Å². The fourth-order valence-corrected chi connectivity index (χ4v) is 5.49. The van der Waals surface area contributed by atoms with E-state index in [2.05, 4.69) is 21.2 Å². The van der Waals surface area contributed by atoms with Gasteiger partial charge in [-0.15, -0.1) is 0 Å². The minimum atomic E-state index is -0.566. The van der Waals surface area contributed by atoms with Gasteiger partial charge in [0, 0.05) is 18.1 Å². The first kappa shape index (κ1) is 16.3. The molecule has 1 heterocycles. The maximum Gasteiger partial charge on any atom is 0.310 e. The molecule has 6 atom stereocenters. The predicted octanol–water partition coefficient (Wildman–Crippen LogP) is 2.11. The van der Waals surface area contributed by atoms with Crippen LogP contribution in [0.5, 0.6) is 5.75 Å². The SMILES string of the molecule is COc1ccc([N+](=O)[O-])c(NC(=O)[C@@H]2[C@H]3C[C@H]4[C@H](OC(=O)[C@@H]42)[C@H]3Br)c1. The Balaban J connectivity index is 1.63. The van der Waals surface area contributed by atoms with Crippen molar-refractivity contribution in [3.8, 4) is 5.75 Å². The number of anilines is 1. The number of benzene rings is 1. The first-order valence-corrected chi connectivity index (χ1v) is 8.81. The number of hydrogen-bond donors (Lipinski definition) is 1. The maximum atomic E-state index is 12.9. The molecule has 1 aromatic rings. The largest absolute Gasteiger partial charge is 0.497 e. The number of rotatable bonds is 4. The van der Waals surface area contributed by atoms with Gasteiger partial charge in [-0.3, -0.25) is 19.7 Å². The van der Waals surface area contributed by atoms with Crippen molar-refractivity contribution in [2.24, 2.45) is 23.7 Å². The van der Waals surface area contributed by atoms with Gasteiger partial charge in [-0.25, -0.2) is 0 Å². The fraction of sp³-hybridized carbons (Fsp3) is 0.500. The number of methoxy groups -OCH3 is 1. The Morgan fingerprint density at radius 2 is 2.20 bits per heavy atom. The summed E-state index contributed by atoms with van der Waals surface area (Å²) in [6.45, 7) is 0. The van der Waals surface area contributed by atoms with Crippen LogP contribution in [0.1, 0.15) is 6.42 Å². The quantitative estimate of drug-likeness (QED) is 0.352. The molecule has 3 fully saturated rings. The van der Waals surface area contributed by atoms with Crippen molar-refractivity contribution < 1.29 is 24.0 Å². The summed E-state index contributed by atoms with van der Waals surface area (Å²) < 4.78 is 10.5. The van der Waals surface area contributed by atoms with Crippen molar-refractivity contribution in [3.63, 3.8) is 0 Å². The highest BCUT2D eigenvalue weighted by Gasteiger charge is 2.67. The molecule has 8 nitrogen and oxygen atoms in total. The molecule has 1 aliphatic heterocycles. The van der Waals surface area contributed by atoms with Crippen LogP contribution in [-0.4, -0.2) is 34.8 Å². The minimum Gasteiger partial charge on any atom is -0.497 e. The maximum absolute atomic E-state index is 12.9. The second kappa shape index (κ2) is 5.69. The number of fused-ring (bicyclic) bond motifs is 1. The number of nitrogens with zero attached hydrogens (tertiary/aromatic N) is 1. The molecule has 1 N–H and O–H groups in total. The van der Waals surface area contributed by atoms with Crippen LogP contribution < -0.4 is 10.1 Å². The summed E-state index contributed by atoms with van der Waals surface area (Å²) in [6.07, 6.45) is 0.577. The Morgan fingerprint density at radius 3 is 2.88 bits per heavy atom. The monoisotopic (exact) mass is 410 g/mol. The van der Waals surface area contributed by atoms with Gasteiger partial charge in [0.15, 0.2) is 0 Å². The minimum absolute atomic E-state index is 0.0175. The molecule has 9 heteroatoms. The molecule has 0 spiro atoms. The van der Waals surface area contributed by atoms with Crippen LogP contribution in [0.4, 0.5) is 11.4 Å². The van der Waals surface area contributed by atoms with Gasteiger partial charge in [-0.1, -0.05) is 15.9 Å². The van der Waals surface area contributed by atoms with E-state index in [1.54, 1.807) is 0 Å². The van der Waals surface area contributed by atoms with Gasteiger partial charge in [0.1, 0.15) is 17.5 Å². The standard InChI is InChI=1S/C16H15BrN2O6/c1-24-6-2-3-10(19(22)23)9(4-6)18-15(20)11-7-5-8-12(11)16(21)25-14(8)13(7)17/h2-4,7-8,11-14H,5H2,1H3,(H,18,20)/t7-,8-,11-,12+,13+,14+/m1/s1. The summed E-state index contributed by atoms with van der Waals surface area (Å²) in [5.74, 6) is -1.34. The van der Waals surface area contributed by atoms with Gasteiger partial charge in [0.05, 0.1) is 28.7 Å². The molecule has 0 radical (unpaired) electrons. The summed E-state index contributed by atoms with van der Waals surface area (Å²) in [6, 6.07) is 4.14. The molecule has 25 heavy (non-hydrogen) atoms. The highest BCUT2D eigenvalue weighted by atomic mass is 79.9. The average molecular weight is 411 g/mol. The van der Waals surface area contributed by atoms with E-state index < -0.39 is 22.7 Å². The number of nitrogens with one attached hydrogen (secondary N) is 1. The van der Waals surface area contributed by atoms with E-state index in [4.69, 9.17) is 9.47 Å².